The lowest BCUT2D eigenvalue weighted by Gasteiger charge is -2.56. The minimum absolute atomic E-state index is 0.129. The van der Waals surface area contributed by atoms with E-state index in [1.54, 1.807) is 5.57 Å². The van der Waals surface area contributed by atoms with Gasteiger partial charge >= 0.3 is 0 Å². The van der Waals surface area contributed by atoms with E-state index in [0.29, 0.717) is 11.3 Å². The minimum atomic E-state index is -0.482. The van der Waals surface area contributed by atoms with Crippen LogP contribution in [0.2, 0.25) is 0 Å². The summed E-state index contributed by atoms with van der Waals surface area (Å²) in [5.74, 6) is 5.59. The van der Waals surface area contributed by atoms with Crippen LogP contribution in [0.4, 0.5) is 0 Å². The Morgan fingerprint density at radius 2 is 1.69 bits per heavy atom. The number of allylic oxidation sites excluding steroid dienone is 1. The Hall–Kier alpha value is -0.340. The van der Waals surface area contributed by atoms with Gasteiger partial charge in [0.25, 0.3) is 0 Å². The second-order valence-corrected chi connectivity index (χ2v) is 12.3. The van der Waals surface area contributed by atoms with Gasteiger partial charge in [-0.2, -0.15) is 0 Å². The van der Waals surface area contributed by atoms with Gasteiger partial charge in [0, 0.05) is 0 Å². The fraction of sp³-hybridized carbons (Fsp3) is 0.926. The predicted molar refractivity (Wildman–Crippen MR) is 120 cm³/mol. The second kappa shape index (κ2) is 7.97. The number of hydrogen-bond acceptors (Lipinski definition) is 2. The van der Waals surface area contributed by atoms with Crippen LogP contribution < -0.4 is 0 Å². The third-order valence-electron chi connectivity index (χ3n) is 10.2. The molecule has 4 aliphatic carbocycles. The molecule has 29 heavy (non-hydrogen) atoms. The van der Waals surface area contributed by atoms with E-state index in [9.17, 15) is 10.2 Å². The van der Waals surface area contributed by atoms with Crippen molar-refractivity contribution in [1.29, 1.82) is 0 Å². The summed E-state index contributed by atoms with van der Waals surface area (Å²) < 4.78 is 0. The summed E-state index contributed by atoms with van der Waals surface area (Å²) >= 11 is 0. The minimum Gasteiger partial charge on any atom is -0.393 e. The molecule has 3 fully saturated rings. The van der Waals surface area contributed by atoms with Gasteiger partial charge in [-0.1, -0.05) is 39.3 Å². The molecule has 0 aliphatic heterocycles. The summed E-state index contributed by atoms with van der Waals surface area (Å²) in [5, 5.41) is 20.9. The quantitative estimate of drug-likeness (QED) is 0.525. The lowest BCUT2D eigenvalue weighted by molar-refractivity contribution is -0.0433. The molecule has 0 aromatic heterocycles. The molecule has 0 aromatic rings. The van der Waals surface area contributed by atoms with Gasteiger partial charge in [0.2, 0.25) is 0 Å². The first-order valence-electron chi connectivity index (χ1n) is 12.7. The Labute approximate surface area is 179 Å². The summed E-state index contributed by atoms with van der Waals surface area (Å²) in [6, 6.07) is 0. The lowest BCUT2D eigenvalue weighted by Crippen LogP contribution is -2.49. The number of fused-ring (bicyclic) bond motifs is 5. The summed E-state index contributed by atoms with van der Waals surface area (Å²) in [4.78, 5) is 0. The normalized spacial score (nSPS) is 46.5. The van der Waals surface area contributed by atoms with Crippen LogP contribution in [-0.4, -0.2) is 21.9 Å². The highest BCUT2D eigenvalue weighted by Crippen LogP contribution is 2.63. The molecule has 0 radical (unpaired) electrons. The third kappa shape index (κ3) is 3.98. The lowest BCUT2D eigenvalue weighted by atomic mass is 9.49. The zero-order valence-electron chi connectivity index (χ0n) is 19.7. The molecule has 2 nitrogen and oxygen atoms in total. The number of hydrogen-bond donors (Lipinski definition) is 2. The third-order valence-corrected chi connectivity index (χ3v) is 10.2. The fourth-order valence-electron chi connectivity index (χ4n) is 8.19. The highest BCUT2D eigenvalue weighted by Gasteiger charge is 2.55. The van der Waals surface area contributed by atoms with E-state index in [1.807, 2.05) is 6.92 Å². The Bertz CT molecular complexity index is 620. The van der Waals surface area contributed by atoms with Gasteiger partial charge in [0.15, 0.2) is 0 Å². The van der Waals surface area contributed by atoms with Crippen molar-refractivity contribution in [2.45, 2.75) is 111 Å². The molecule has 4 aliphatic rings. The van der Waals surface area contributed by atoms with Gasteiger partial charge < -0.3 is 10.2 Å². The van der Waals surface area contributed by atoms with Crippen LogP contribution >= 0.6 is 0 Å². The van der Waals surface area contributed by atoms with Gasteiger partial charge in [-0.3, -0.25) is 0 Å². The predicted octanol–water partition coefficient (Wildman–Crippen LogP) is 6.36. The van der Waals surface area contributed by atoms with Crippen molar-refractivity contribution in [2.75, 3.05) is 0 Å². The standard InChI is InChI=1S/C27H46O2/c1-17(2)25(28)13-6-18(3)20-9-10-22-21(20)11-12-24-23(22)8-7-19-16-26(4,29)14-15-27(19,24)5/h7,17-18,20-25,28-29H,6,8-16H2,1-5H3/t18-,20-,21-,22-,23+,24+,25-,26+,27+/m1/s1. The topological polar surface area (TPSA) is 40.5 Å². The van der Waals surface area contributed by atoms with E-state index < -0.39 is 5.60 Å². The Morgan fingerprint density at radius 3 is 2.41 bits per heavy atom. The summed E-state index contributed by atoms with van der Waals surface area (Å²) in [5.41, 5.74) is 1.45. The van der Waals surface area contributed by atoms with Crippen LogP contribution in [0.3, 0.4) is 0 Å². The van der Waals surface area contributed by atoms with Gasteiger partial charge in [-0.15, -0.1) is 0 Å². The van der Waals surface area contributed by atoms with Crippen molar-refractivity contribution < 1.29 is 10.2 Å². The molecule has 0 bridgehead atoms. The fourth-order valence-corrected chi connectivity index (χ4v) is 8.19. The molecule has 0 amide bonds. The SMILES string of the molecule is CC(C)[C@H](O)CC[C@@H](C)[C@H]1CC[C@@H]2[C@@H]1CC[C@H]1[C@H]2CC=C2C[C@@](C)(O)CC[C@@]21C. The van der Waals surface area contributed by atoms with E-state index in [0.717, 1.165) is 54.8 Å². The van der Waals surface area contributed by atoms with Crippen molar-refractivity contribution in [3.05, 3.63) is 11.6 Å². The zero-order chi connectivity index (χ0) is 21.0. The molecule has 2 heteroatoms. The van der Waals surface area contributed by atoms with Crippen molar-refractivity contribution in [3.8, 4) is 0 Å². The summed E-state index contributed by atoms with van der Waals surface area (Å²) in [7, 11) is 0. The first-order chi connectivity index (χ1) is 13.6. The van der Waals surface area contributed by atoms with Crippen LogP contribution in [0.5, 0.6) is 0 Å². The maximum absolute atomic E-state index is 10.6. The Kier molecular flexibility index (Phi) is 6.01. The van der Waals surface area contributed by atoms with Crippen LogP contribution in [0.25, 0.3) is 0 Å². The summed E-state index contributed by atoms with van der Waals surface area (Å²) in [6.07, 6.45) is 14.6. The maximum atomic E-state index is 10.6. The van der Waals surface area contributed by atoms with Gasteiger partial charge in [0.1, 0.15) is 0 Å². The van der Waals surface area contributed by atoms with Crippen molar-refractivity contribution in [3.63, 3.8) is 0 Å². The second-order valence-electron chi connectivity index (χ2n) is 12.3. The van der Waals surface area contributed by atoms with Crippen molar-refractivity contribution in [1.82, 2.24) is 0 Å². The molecule has 0 aromatic carbocycles. The zero-order valence-corrected chi connectivity index (χ0v) is 19.7. The molecule has 0 spiro atoms. The molecular formula is C27H46O2. The average Bonchev–Trinajstić information content (AvgIpc) is 3.10. The van der Waals surface area contributed by atoms with Crippen molar-refractivity contribution in [2.24, 2.45) is 46.8 Å². The monoisotopic (exact) mass is 402 g/mol. The van der Waals surface area contributed by atoms with Crippen LogP contribution in [0.1, 0.15) is 98.8 Å². The molecule has 0 saturated heterocycles. The molecule has 0 unspecified atom stereocenters. The summed E-state index contributed by atoms with van der Waals surface area (Å²) in [6.45, 7) is 11.3. The van der Waals surface area contributed by atoms with E-state index in [4.69, 9.17) is 0 Å². The highest BCUT2D eigenvalue weighted by molar-refractivity contribution is 5.26. The molecular weight excluding hydrogens is 356 g/mol. The average molecular weight is 403 g/mol. The molecule has 166 valence electrons. The Morgan fingerprint density at radius 1 is 0.966 bits per heavy atom. The van der Waals surface area contributed by atoms with Crippen LogP contribution in [0.15, 0.2) is 11.6 Å². The first kappa shape index (κ1) is 21.9. The smallest absolute Gasteiger partial charge is 0.0657 e. The van der Waals surface area contributed by atoms with Gasteiger partial charge in [-0.05, 0) is 118 Å². The van der Waals surface area contributed by atoms with Crippen molar-refractivity contribution >= 4 is 0 Å². The van der Waals surface area contributed by atoms with Gasteiger partial charge in [0.05, 0.1) is 11.7 Å². The first-order valence-corrected chi connectivity index (χ1v) is 12.7. The van der Waals surface area contributed by atoms with E-state index in [1.165, 1.54) is 44.9 Å². The highest BCUT2D eigenvalue weighted by atomic mass is 16.3. The Balaban J connectivity index is 1.44. The van der Waals surface area contributed by atoms with E-state index in [2.05, 4.69) is 33.8 Å². The molecule has 9 atom stereocenters. The largest absolute Gasteiger partial charge is 0.393 e. The van der Waals surface area contributed by atoms with Crippen LogP contribution in [0, 0.1) is 46.8 Å². The maximum Gasteiger partial charge on any atom is 0.0657 e. The van der Waals surface area contributed by atoms with Gasteiger partial charge in [-0.25, -0.2) is 0 Å². The molecule has 0 heterocycles. The number of aliphatic hydroxyl groups is 2. The number of rotatable bonds is 5. The van der Waals surface area contributed by atoms with E-state index in [-0.39, 0.29) is 6.10 Å². The number of aliphatic hydroxyl groups excluding tert-OH is 1. The molecule has 2 N–H and O–H groups in total. The molecule has 4 rings (SSSR count). The van der Waals surface area contributed by atoms with Crippen LogP contribution in [-0.2, 0) is 0 Å². The van der Waals surface area contributed by atoms with E-state index >= 15 is 0 Å². The molecule has 3 saturated carbocycles.